The highest BCUT2D eigenvalue weighted by atomic mass is 32.2. The first kappa shape index (κ1) is 13.2. The van der Waals surface area contributed by atoms with E-state index in [2.05, 4.69) is 21.3 Å². The van der Waals surface area contributed by atoms with Gasteiger partial charge >= 0.3 is 0 Å². The number of nitrogens with one attached hydrogen (secondary N) is 1. The van der Waals surface area contributed by atoms with E-state index in [1.807, 2.05) is 11.8 Å². The topological polar surface area (TPSA) is 29.3 Å². The fourth-order valence-electron chi connectivity index (χ4n) is 2.94. The van der Waals surface area contributed by atoms with Gasteiger partial charge in [-0.1, -0.05) is 19.3 Å². The summed E-state index contributed by atoms with van der Waals surface area (Å²) in [6.07, 6.45) is 11.8. The summed E-state index contributed by atoms with van der Waals surface area (Å²) in [4.78, 5) is 6.02. The number of nitrogens with zero attached hydrogens (tertiary/aromatic N) is 2. The van der Waals surface area contributed by atoms with Crippen LogP contribution in [0.3, 0.4) is 0 Å². The number of thiazole rings is 1. The molecule has 2 aliphatic rings. The van der Waals surface area contributed by atoms with E-state index in [0.29, 0.717) is 0 Å². The highest BCUT2D eigenvalue weighted by molar-refractivity contribution is 7.99. The molecule has 2 aromatic heterocycles. The van der Waals surface area contributed by atoms with Crippen molar-refractivity contribution in [3.63, 3.8) is 0 Å². The molecule has 4 rings (SSSR count). The van der Waals surface area contributed by atoms with Crippen molar-refractivity contribution in [3.8, 4) is 0 Å². The summed E-state index contributed by atoms with van der Waals surface area (Å²) in [5.41, 5.74) is 1.38. The first-order valence-electron chi connectivity index (χ1n) is 7.74. The van der Waals surface area contributed by atoms with Crippen LogP contribution in [0.15, 0.2) is 16.6 Å². The van der Waals surface area contributed by atoms with Crippen LogP contribution in [-0.2, 0) is 6.54 Å². The summed E-state index contributed by atoms with van der Waals surface area (Å²) in [5, 5.41) is 7.85. The minimum absolute atomic E-state index is 0.756. The number of rotatable bonds is 5. The molecule has 0 bridgehead atoms. The third kappa shape index (κ3) is 2.76. The molecule has 0 atom stereocenters. The molecule has 1 N–H and O–H groups in total. The van der Waals surface area contributed by atoms with E-state index in [4.69, 9.17) is 4.98 Å². The molecule has 0 spiro atoms. The number of fused-ring (bicyclic) bond motifs is 1. The maximum atomic E-state index is 4.87. The van der Waals surface area contributed by atoms with Crippen LogP contribution in [0, 0.1) is 0 Å². The van der Waals surface area contributed by atoms with Crippen molar-refractivity contribution >= 4 is 28.1 Å². The van der Waals surface area contributed by atoms with Crippen molar-refractivity contribution in [2.45, 2.75) is 67.8 Å². The quantitative estimate of drug-likeness (QED) is 0.903. The first-order valence-corrected chi connectivity index (χ1v) is 9.50. The summed E-state index contributed by atoms with van der Waals surface area (Å²) in [6.45, 7) is 0.970. The maximum absolute atomic E-state index is 4.87. The Labute approximate surface area is 128 Å². The lowest BCUT2D eigenvalue weighted by Crippen LogP contribution is -2.17. The van der Waals surface area contributed by atoms with Gasteiger partial charge in [0.05, 0.1) is 5.69 Å². The van der Waals surface area contributed by atoms with Crippen molar-refractivity contribution < 1.29 is 0 Å². The van der Waals surface area contributed by atoms with Gasteiger partial charge in [-0.05, 0) is 25.7 Å². The second-order valence-corrected chi connectivity index (χ2v) is 8.11. The monoisotopic (exact) mass is 307 g/mol. The lowest BCUT2D eigenvalue weighted by atomic mass is 10.0. The Morgan fingerprint density at radius 3 is 2.90 bits per heavy atom. The lowest BCUT2D eigenvalue weighted by molar-refractivity contribution is 0.515. The van der Waals surface area contributed by atoms with Crippen molar-refractivity contribution in [1.29, 1.82) is 0 Å². The van der Waals surface area contributed by atoms with Gasteiger partial charge in [-0.25, -0.2) is 4.98 Å². The predicted molar refractivity (Wildman–Crippen MR) is 85.7 cm³/mol. The molecule has 0 saturated heterocycles. The smallest absolute Gasteiger partial charge is 0.194 e. The molecule has 3 nitrogen and oxygen atoms in total. The number of aromatic nitrogens is 2. The van der Waals surface area contributed by atoms with E-state index >= 15 is 0 Å². The van der Waals surface area contributed by atoms with E-state index in [0.717, 1.165) is 22.8 Å². The fraction of sp³-hybridized carbons (Fsp3) is 0.667. The first-order chi connectivity index (χ1) is 9.90. The third-order valence-corrected chi connectivity index (χ3v) is 6.40. The number of hydrogen-bond donors (Lipinski definition) is 1. The molecular weight excluding hydrogens is 286 g/mol. The van der Waals surface area contributed by atoms with Gasteiger partial charge in [-0.15, -0.1) is 23.1 Å². The SMILES string of the molecule is c1cn2c(CNC3CC3)c(SC3CCCCC3)nc2s1. The van der Waals surface area contributed by atoms with Crippen LogP contribution in [0.4, 0.5) is 0 Å². The van der Waals surface area contributed by atoms with Crippen molar-refractivity contribution in [3.05, 3.63) is 17.3 Å². The Hall–Kier alpha value is -0.520. The standard InChI is InChI=1S/C15H21N3S2/c1-2-4-12(5-3-1)20-14-13(10-16-11-6-7-11)18-8-9-19-15(18)17-14/h8-9,11-12,16H,1-7,10H2. The van der Waals surface area contributed by atoms with Gasteiger partial charge in [0.15, 0.2) is 4.96 Å². The molecule has 0 unspecified atom stereocenters. The molecule has 0 aromatic carbocycles. The molecular formula is C15H21N3S2. The fourth-order valence-corrected chi connectivity index (χ4v) is 5.06. The lowest BCUT2D eigenvalue weighted by Gasteiger charge is -2.20. The van der Waals surface area contributed by atoms with Gasteiger partial charge in [0, 0.05) is 29.4 Å². The van der Waals surface area contributed by atoms with E-state index in [9.17, 15) is 0 Å². The summed E-state index contributed by atoms with van der Waals surface area (Å²) < 4.78 is 2.28. The third-order valence-electron chi connectivity index (χ3n) is 4.29. The Balaban J connectivity index is 1.55. The van der Waals surface area contributed by atoms with E-state index in [-0.39, 0.29) is 0 Å². The van der Waals surface area contributed by atoms with Crippen LogP contribution in [0.25, 0.3) is 4.96 Å². The van der Waals surface area contributed by atoms with Gasteiger partial charge < -0.3 is 5.32 Å². The molecule has 2 heterocycles. The highest BCUT2D eigenvalue weighted by Crippen LogP contribution is 2.36. The van der Waals surface area contributed by atoms with Crippen LogP contribution in [0.5, 0.6) is 0 Å². The minimum Gasteiger partial charge on any atom is -0.308 e. The van der Waals surface area contributed by atoms with Crippen LogP contribution in [0.1, 0.15) is 50.6 Å². The largest absolute Gasteiger partial charge is 0.308 e. The van der Waals surface area contributed by atoms with E-state index in [1.165, 1.54) is 55.7 Å². The number of hydrogen-bond acceptors (Lipinski definition) is 4. The average molecular weight is 307 g/mol. The maximum Gasteiger partial charge on any atom is 0.194 e. The van der Waals surface area contributed by atoms with E-state index < -0.39 is 0 Å². The molecule has 2 aliphatic carbocycles. The molecule has 2 aromatic rings. The zero-order chi connectivity index (χ0) is 13.4. The molecule has 20 heavy (non-hydrogen) atoms. The molecule has 0 amide bonds. The van der Waals surface area contributed by atoms with Gasteiger partial charge in [-0.2, -0.15) is 0 Å². The average Bonchev–Trinajstić information content (AvgIpc) is 3.09. The molecule has 2 saturated carbocycles. The van der Waals surface area contributed by atoms with Gasteiger partial charge in [0.2, 0.25) is 0 Å². The highest BCUT2D eigenvalue weighted by Gasteiger charge is 2.24. The van der Waals surface area contributed by atoms with E-state index in [1.54, 1.807) is 11.3 Å². The Morgan fingerprint density at radius 1 is 1.25 bits per heavy atom. The van der Waals surface area contributed by atoms with Crippen LogP contribution >= 0.6 is 23.1 Å². The molecule has 108 valence electrons. The Kier molecular flexibility index (Phi) is 3.75. The summed E-state index contributed by atoms with van der Waals surface area (Å²) >= 11 is 3.77. The Morgan fingerprint density at radius 2 is 2.10 bits per heavy atom. The van der Waals surface area contributed by atoms with Crippen molar-refractivity contribution in [2.24, 2.45) is 0 Å². The van der Waals surface area contributed by atoms with Crippen molar-refractivity contribution in [2.75, 3.05) is 0 Å². The second-order valence-electron chi connectivity index (χ2n) is 5.95. The zero-order valence-corrected chi connectivity index (χ0v) is 13.3. The molecule has 0 aliphatic heterocycles. The number of thioether (sulfide) groups is 1. The summed E-state index contributed by atoms with van der Waals surface area (Å²) in [7, 11) is 0. The van der Waals surface area contributed by atoms with Gasteiger partial charge in [0.1, 0.15) is 5.03 Å². The van der Waals surface area contributed by atoms with Crippen LogP contribution in [-0.4, -0.2) is 20.7 Å². The van der Waals surface area contributed by atoms with Gasteiger partial charge in [0.25, 0.3) is 0 Å². The molecule has 0 radical (unpaired) electrons. The summed E-state index contributed by atoms with van der Waals surface area (Å²) in [5.74, 6) is 0. The Bertz CT molecular complexity index is 579. The van der Waals surface area contributed by atoms with Crippen LogP contribution in [0.2, 0.25) is 0 Å². The van der Waals surface area contributed by atoms with Crippen molar-refractivity contribution in [1.82, 2.24) is 14.7 Å². The minimum atomic E-state index is 0.756. The van der Waals surface area contributed by atoms with Gasteiger partial charge in [-0.3, -0.25) is 4.40 Å². The molecule has 2 fully saturated rings. The molecule has 5 heteroatoms. The summed E-state index contributed by atoms with van der Waals surface area (Å²) in [6, 6.07) is 0.756. The van der Waals surface area contributed by atoms with Crippen LogP contribution < -0.4 is 5.32 Å². The normalized spacial score (nSPS) is 20.8. The second kappa shape index (κ2) is 5.70. The predicted octanol–water partition coefficient (Wildman–Crippen LogP) is 4.07. The number of imidazole rings is 1. The zero-order valence-electron chi connectivity index (χ0n) is 11.7.